The Morgan fingerprint density at radius 3 is 2.11 bits per heavy atom. The molecule has 0 aliphatic rings. The second-order valence-corrected chi connectivity index (χ2v) is 4.90. The number of hydrogen-bond donors (Lipinski definition) is 1. The van der Waals surface area contributed by atoms with Gasteiger partial charge in [0.2, 0.25) is 5.91 Å². The first-order valence-electron chi connectivity index (χ1n) is 6.10. The smallest absolute Gasteiger partial charge is 0.216 e. The van der Waals surface area contributed by atoms with E-state index in [0.29, 0.717) is 6.54 Å². The van der Waals surface area contributed by atoms with Crippen molar-refractivity contribution in [2.75, 3.05) is 39.6 Å². The van der Waals surface area contributed by atoms with E-state index in [0.717, 1.165) is 0 Å². The van der Waals surface area contributed by atoms with Gasteiger partial charge in [0.15, 0.2) is 0 Å². The van der Waals surface area contributed by atoms with Crippen molar-refractivity contribution in [2.45, 2.75) is 13.0 Å². The molecule has 1 atom stereocenters. The average Bonchev–Trinajstić information content (AvgIpc) is 2.29. The maximum Gasteiger partial charge on any atom is 0.216 e. The maximum absolute atomic E-state index is 11.0. The number of carbonyl (C=O) groups is 1. The fourth-order valence-corrected chi connectivity index (χ4v) is 1.83. The summed E-state index contributed by atoms with van der Waals surface area (Å²) in [6.45, 7) is 2.17. The van der Waals surface area contributed by atoms with E-state index in [1.807, 2.05) is 28.2 Å². The summed E-state index contributed by atoms with van der Waals surface area (Å²) in [4.78, 5) is 15.2. The summed E-state index contributed by atoms with van der Waals surface area (Å²) in [7, 11) is 8.09. The Morgan fingerprint density at radius 1 is 1.17 bits per heavy atom. The molecule has 0 aromatic heterocycles. The van der Waals surface area contributed by atoms with Crippen molar-refractivity contribution in [1.29, 1.82) is 0 Å². The number of nitrogens with zero attached hydrogens (tertiary/aromatic N) is 2. The van der Waals surface area contributed by atoms with Crippen molar-refractivity contribution < 1.29 is 4.79 Å². The quantitative estimate of drug-likeness (QED) is 0.859. The molecule has 0 bridgehead atoms. The third kappa shape index (κ3) is 4.04. The van der Waals surface area contributed by atoms with Crippen molar-refractivity contribution in [3.8, 4) is 0 Å². The van der Waals surface area contributed by atoms with Gasteiger partial charge in [-0.25, -0.2) is 0 Å². The van der Waals surface area contributed by atoms with Crippen LogP contribution in [0.3, 0.4) is 0 Å². The fraction of sp³-hybridized carbons (Fsp3) is 0.500. The van der Waals surface area contributed by atoms with Crippen LogP contribution in [0, 0.1) is 0 Å². The molecule has 0 saturated heterocycles. The first kappa shape index (κ1) is 14.5. The predicted molar refractivity (Wildman–Crippen MR) is 75.9 cm³/mol. The number of hydrogen-bond acceptors (Lipinski definition) is 3. The lowest BCUT2D eigenvalue weighted by atomic mass is 10.1. The minimum Gasteiger partial charge on any atom is -0.378 e. The summed E-state index contributed by atoms with van der Waals surface area (Å²) in [5.41, 5.74) is 2.38. The highest BCUT2D eigenvalue weighted by molar-refractivity contribution is 5.72. The van der Waals surface area contributed by atoms with Crippen LogP contribution in [0.2, 0.25) is 0 Å². The summed E-state index contributed by atoms with van der Waals surface area (Å²) in [5, 5.41) is 2.87. The number of anilines is 1. The van der Waals surface area contributed by atoms with Gasteiger partial charge in [-0.2, -0.15) is 0 Å². The predicted octanol–water partition coefficient (Wildman–Crippen LogP) is 1.49. The van der Waals surface area contributed by atoms with Gasteiger partial charge in [-0.1, -0.05) is 12.1 Å². The molecule has 4 heteroatoms. The van der Waals surface area contributed by atoms with Gasteiger partial charge in [0.1, 0.15) is 0 Å². The maximum atomic E-state index is 11.0. The molecular weight excluding hydrogens is 226 g/mol. The van der Waals surface area contributed by atoms with E-state index in [-0.39, 0.29) is 11.9 Å². The Labute approximate surface area is 110 Å². The number of rotatable bonds is 5. The van der Waals surface area contributed by atoms with Gasteiger partial charge in [0.25, 0.3) is 0 Å². The number of nitrogens with one attached hydrogen (secondary N) is 1. The van der Waals surface area contributed by atoms with Crippen LogP contribution in [0.4, 0.5) is 5.69 Å². The minimum atomic E-state index is 0.00626. The molecule has 0 heterocycles. The zero-order valence-electron chi connectivity index (χ0n) is 11.9. The summed E-state index contributed by atoms with van der Waals surface area (Å²) in [5.74, 6) is 0.00626. The zero-order chi connectivity index (χ0) is 13.7. The molecule has 0 unspecified atom stereocenters. The van der Waals surface area contributed by atoms with E-state index >= 15 is 0 Å². The summed E-state index contributed by atoms with van der Waals surface area (Å²) >= 11 is 0. The van der Waals surface area contributed by atoms with Crippen LogP contribution in [0.1, 0.15) is 18.5 Å². The summed E-state index contributed by atoms with van der Waals surface area (Å²) < 4.78 is 0. The van der Waals surface area contributed by atoms with Crippen molar-refractivity contribution in [3.05, 3.63) is 29.8 Å². The number of benzene rings is 1. The minimum absolute atomic E-state index is 0.00626. The summed E-state index contributed by atoms with van der Waals surface area (Å²) in [6.07, 6.45) is 0. The molecular formula is C14H23N3O. The van der Waals surface area contributed by atoms with E-state index < -0.39 is 0 Å². The van der Waals surface area contributed by atoms with Crippen LogP contribution >= 0.6 is 0 Å². The lowest BCUT2D eigenvalue weighted by Crippen LogP contribution is -2.33. The topological polar surface area (TPSA) is 35.6 Å². The molecule has 0 aliphatic carbocycles. The highest BCUT2D eigenvalue weighted by Crippen LogP contribution is 2.20. The zero-order valence-corrected chi connectivity index (χ0v) is 11.9. The standard InChI is InChI=1S/C14H23N3O/c1-11(18)15-10-14(17(4)5)12-6-8-13(9-7-12)16(2)3/h6-9,14H,10H2,1-5H3,(H,15,18)/t14-/m0/s1. The first-order valence-corrected chi connectivity index (χ1v) is 6.10. The molecule has 4 nitrogen and oxygen atoms in total. The average molecular weight is 249 g/mol. The molecule has 1 rings (SSSR count). The molecule has 0 aliphatic heterocycles. The molecule has 0 fully saturated rings. The third-order valence-electron chi connectivity index (χ3n) is 2.96. The van der Waals surface area contributed by atoms with Gasteiger partial charge in [-0.3, -0.25) is 4.79 Å². The lowest BCUT2D eigenvalue weighted by Gasteiger charge is -2.25. The molecule has 1 aromatic rings. The molecule has 0 spiro atoms. The second kappa shape index (κ2) is 6.40. The van der Waals surface area contributed by atoms with E-state index in [9.17, 15) is 4.79 Å². The number of amides is 1. The van der Waals surface area contributed by atoms with Gasteiger partial charge in [0.05, 0.1) is 6.04 Å². The van der Waals surface area contributed by atoms with Crippen molar-refractivity contribution in [1.82, 2.24) is 10.2 Å². The van der Waals surface area contributed by atoms with Crippen LogP contribution in [-0.2, 0) is 4.79 Å². The van der Waals surface area contributed by atoms with Gasteiger partial charge in [0, 0.05) is 33.3 Å². The van der Waals surface area contributed by atoms with Crippen molar-refractivity contribution in [2.24, 2.45) is 0 Å². The van der Waals surface area contributed by atoms with E-state index in [4.69, 9.17) is 0 Å². The molecule has 0 saturated carbocycles. The van der Waals surface area contributed by atoms with Crippen molar-refractivity contribution in [3.63, 3.8) is 0 Å². The molecule has 1 amide bonds. The number of carbonyl (C=O) groups excluding carboxylic acids is 1. The fourth-order valence-electron chi connectivity index (χ4n) is 1.83. The Balaban J connectivity index is 2.82. The molecule has 100 valence electrons. The monoisotopic (exact) mass is 249 g/mol. The van der Waals surface area contributed by atoms with Crippen LogP contribution < -0.4 is 10.2 Å². The normalized spacial score (nSPS) is 12.3. The SMILES string of the molecule is CC(=O)NC[C@@H](c1ccc(N(C)C)cc1)N(C)C. The highest BCUT2D eigenvalue weighted by atomic mass is 16.1. The van der Waals surface area contributed by atoms with Crippen LogP contribution in [0.15, 0.2) is 24.3 Å². The molecule has 0 radical (unpaired) electrons. The lowest BCUT2D eigenvalue weighted by molar-refractivity contribution is -0.119. The first-order chi connectivity index (χ1) is 8.41. The highest BCUT2D eigenvalue weighted by Gasteiger charge is 2.14. The van der Waals surface area contributed by atoms with Gasteiger partial charge in [-0.05, 0) is 31.8 Å². The Morgan fingerprint density at radius 2 is 1.72 bits per heavy atom. The largest absolute Gasteiger partial charge is 0.378 e. The second-order valence-electron chi connectivity index (χ2n) is 4.90. The Bertz CT molecular complexity index is 385. The van der Waals surface area contributed by atoms with E-state index in [1.54, 1.807) is 6.92 Å². The number of likely N-dealkylation sites (N-methyl/N-ethyl adjacent to an activating group) is 1. The van der Waals surface area contributed by atoms with E-state index in [2.05, 4.69) is 39.4 Å². The van der Waals surface area contributed by atoms with Gasteiger partial charge in [-0.15, -0.1) is 0 Å². The third-order valence-corrected chi connectivity index (χ3v) is 2.96. The van der Waals surface area contributed by atoms with E-state index in [1.165, 1.54) is 11.3 Å². The molecule has 18 heavy (non-hydrogen) atoms. The van der Waals surface area contributed by atoms with Crippen LogP contribution in [-0.4, -0.2) is 45.5 Å². The van der Waals surface area contributed by atoms with Gasteiger partial charge < -0.3 is 15.1 Å². The van der Waals surface area contributed by atoms with Gasteiger partial charge >= 0.3 is 0 Å². The molecule has 1 N–H and O–H groups in total. The van der Waals surface area contributed by atoms with Crippen molar-refractivity contribution >= 4 is 11.6 Å². The Kier molecular flexibility index (Phi) is 5.16. The van der Waals surface area contributed by atoms with Crippen LogP contribution in [0.5, 0.6) is 0 Å². The Hall–Kier alpha value is -1.55. The summed E-state index contributed by atoms with van der Waals surface area (Å²) in [6, 6.07) is 8.62. The molecule has 1 aromatic carbocycles. The van der Waals surface area contributed by atoms with Crippen LogP contribution in [0.25, 0.3) is 0 Å².